The molecular formula is C15H27NOS. The molecule has 104 valence electrons. The molecule has 0 aromatic carbocycles. The van der Waals surface area contributed by atoms with E-state index in [4.69, 9.17) is 0 Å². The summed E-state index contributed by atoms with van der Waals surface area (Å²) in [7, 11) is -1.04. The summed E-state index contributed by atoms with van der Waals surface area (Å²) in [6.07, 6.45) is 8.25. The fraction of sp³-hybridized carbons (Fsp3) is 0.733. The second-order valence-electron chi connectivity index (χ2n) is 5.99. The van der Waals surface area contributed by atoms with Crippen molar-refractivity contribution >= 4 is 11.0 Å². The van der Waals surface area contributed by atoms with Crippen molar-refractivity contribution in [2.45, 2.75) is 71.5 Å². The summed E-state index contributed by atoms with van der Waals surface area (Å²) < 4.78 is 15.3. The van der Waals surface area contributed by atoms with Crippen LogP contribution >= 0.6 is 0 Å². The summed E-state index contributed by atoms with van der Waals surface area (Å²) >= 11 is 0. The average Bonchev–Trinajstić information content (AvgIpc) is 2.34. The summed E-state index contributed by atoms with van der Waals surface area (Å²) in [6, 6.07) is 0. The Bertz CT molecular complexity index is 366. The van der Waals surface area contributed by atoms with Gasteiger partial charge >= 0.3 is 0 Å². The largest absolute Gasteiger partial charge is 0.305 e. The molecule has 1 N–H and O–H groups in total. The van der Waals surface area contributed by atoms with Crippen molar-refractivity contribution in [3.63, 3.8) is 0 Å². The number of hydrogen-bond acceptors (Lipinski definition) is 1. The molecule has 0 aromatic heterocycles. The van der Waals surface area contributed by atoms with Gasteiger partial charge in [-0.2, -0.15) is 0 Å². The number of allylic oxidation sites excluding steroid dienone is 3. The molecule has 0 radical (unpaired) electrons. The molecule has 0 aromatic rings. The predicted molar refractivity (Wildman–Crippen MR) is 80.6 cm³/mol. The standard InChI is InChI=1S/C15H27NOS/c1-6-12(2)14(13-10-8-7-9-11-13)16-18(17)15(3,4)5/h6,16H,7-11H2,1-5H3/b12-6+. The van der Waals surface area contributed by atoms with Gasteiger partial charge in [0.25, 0.3) is 0 Å². The van der Waals surface area contributed by atoms with Crippen LogP contribution < -0.4 is 4.72 Å². The third-order valence-corrected chi connectivity index (χ3v) is 4.89. The molecule has 1 aliphatic rings. The Labute approximate surface area is 115 Å². The molecule has 1 rings (SSSR count). The Morgan fingerprint density at radius 3 is 2.22 bits per heavy atom. The summed E-state index contributed by atoms with van der Waals surface area (Å²) in [5.41, 5.74) is 3.80. The maximum Gasteiger partial charge on any atom is 0.122 e. The van der Waals surface area contributed by atoms with Crippen LogP contribution in [0.3, 0.4) is 0 Å². The van der Waals surface area contributed by atoms with E-state index in [-0.39, 0.29) is 4.75 Å². The monoisotopic (exact) mass is 269 g/mol. The van der Waals surface area contributed by atoms with Crippen LogP contribution in [0.15, 0.2) is 22.9 Å². The predicted octanol–water partition coefficient (Wildman–Crippen LogP) is 4.22. The molecule has 0 amide bonds. The lowest BCUT2D eigenvalue weighted by molar-refractivity contribution is 0.589. The van der Waals surface area contributed by atoms with Crippen molar-refractivity contribution in [3.05, 3.63) is 22.9 Å². The molecule has 0 saturated heterocycles. The van der Waals surface area contributed by atoms with Crippen LogP contribution in [0.5, 0.6) is 0 Å². The quantitative estimate of drug-likeness (QED) is 0.816. The van der Waals surface area contributed by atoms with Crippen LogP contribution in [0.25, 0.3) is 0 Å². The van der Waals surface area contributed by atoms with E-state index in [1.807, 2.05) is 27.7 Å². The molecular weight excluding hydrogens is 242 g/mol. The van der Waals surface area contributed by atoms with Crippen molar-refractivity contribution in [2.75, 3.05) is 0 Å². The molecule has 1 aliphatic carbocycles. The minimum atomic E-state index is -1.04. The Morgan fingerprint density at radius 1 is 1.22 bits per heavy atom. The van der Waals surface area contributed by atoms with Crippen LogP contribution in [0, 0.1) is 0 Å². The number of rotatable bonds is 3. The van der Waals surface area contributed by atoms with Crippen LogP contribution in [0.1, 0.15) is 66.7 Å². The zero-order valence-corrected chi connectivity index (χ0v) is 13.2. The second kappa shape index (κ2) is 6.55. The summed E-state index contributed by atoms with van der Waals surface area (Å²) in [6.45, 7) is 10.2. The molecule has 1 saturated carbocycles. The van der Waals surface area contributed by atoms with Crippen LogP contribution in [-0.2, 0) is 11.0 Å². The van der Waals surface area contributed by atoms with Gasteiger partial charge in [0.1, 0.15) is 11.0 Å². The summed E-state index contributed by atoms with van der Waals surface area (Å²) in [4.78, 5) is 0. The maximum atomic E-state index is 12.3. The van der Waals surface area contributed by atoms with E-state index in [1.54, 1.807) is 0 Å². The third kappa shape index (κ3) is 4.27. The smallest absolute Gasteiger partial charge is 0.122 e. The number of hydrogen-bond donors (Lipinski definition) is 1. The van der Waals surface area contributed by atoms with E-state index in [2.05, 4.69) is 17.7 Å². The van der Waals surface area contributed by atoms with Gasteiger partial charge in [-0.05, 0) is 71.4 Å². The minimum Gasteiger partial charge on any atom is -0.305 e. The first-order valence-electron chi connectivity index (χ1n) is 6.90. The van der Waals surface area contributed by atoms with Gasteiger partial charge in [-0.15, -0.1) is 0 Å². The van der Waals surface area contributed by atoms with Crippen molar-refractivity contribution in [1.29, 1.82) is 0 Å². The summed E-state index contributed by atoms with van der Waals surface area (Å²) in [5.74, 6) is 0. The minimum absolute atomic E-state index is 0.228. The molecule has 18 heavy (non-hydrogen) atoms. The van der Waals surface area contributed by atoms with Crippen molar-refractivity contribution in [2.24, 2.45) is 0 Å². The molecule has 0 bridgehead atoms. The first-order chi connectivity index (χ1) is 8.36. The van der Waals surface area contributed by atoms with Gasteiger partial charge in [-0.3, -0.25) is 0 Å². The van der Waals surface area contributed by atoms with Gasteiger partial charge in [0.15, 0.2) is 0 Å². The van der Waals surface area contributed by atoms with Gasteiger partial charge in [0, 0.05) is 5.70 Å². The van der Waals surface area contributed by atoms with E-state index in [0.717, 1.165) is 18.5 Å². The van der Waals surface area contributed by atoms with E-state index in [9.17, 15) is 4.21 Å². The Hall–Kier alpha value is -0.570. The highest BCUT2D eigenvalue weighted by Crippen LogP contribution is 2.28. The van der Waals surface area contributed by atoms with Crippen LogP contribution in [0.2, 0.25) is 0 Å². The van der Waals surface area contributed by atoms with Gasteiger partial charge in [-0.1, -0.05) is 12.5 Å². The molecule has 0 heterocycles. The highest BCUT2D eigenvalue weighted by atomic mass is 32.2. The van der Waals surface area contributed by atoms with E-state index in [0.29, 0.717) is 0 Å². The van der Waals surface area contributed by atoms with Crippen molar-refractivity contribution in [1.82, 2.24) is 4.72 Å². The number of nitrogens with one attached hydrogen (secondary N) is 1. The molecule has 3 heteroatoms. The zero-order chi connectivity index (χ0) is 13.8. The van der Waals surface area contributed by atoms with E-state index in [1.165, 1.54) is 30.4 Å². The van der Waals surface area contributed by atoms with E-state index >= 15 is 0 Å². The second-order valence-corrected chi connectivity index (χ2v) is 7.96. The van der Waals surface area contributed by atoms with Crippen LogP contribution in [0.4, 0.5) is 0 Å². The van der Waals surface area contributed by atoms with Gasteiger partial charge in [0.2, 0.25) is 0 Å². The first kappa shape index (κ1) is 15.5. The average molecular weight is 269 g/mol. The lowest BCUT2D eigenvalue weighted by Crippen LogP contribution is -2.33. The maximum absolute atomic E-state index is 12.3. The molecule has 0 aliphatic heterocycles. The lowest BCUT2D eigenvalue weighted by atomic mass is 9.92. The molecule has 1 atom stereocenters. The van der Waals surface area contributed by atoms with Crippen LogP contribution in [-0.4, -0.2) is 8.96 Å². The molecule has 2 nitrogen and oxygen atoms in total. The highest BCUT2D eigenvalue weighted by Gasteiger charge is 2.22. The molecule has 0 spiro atoms. The van der Waals surface area contributed by atoms with Gasteiger partial charge in [-0.25, -0.2) is 4.21 Å². The summed E-state index contributed by atoms with van der Waals surface area (Å²) in [5, 5.41) is 0. The SMILES string of the molecule is C/C=C(\C)C(NS(=O)C(C)(C)C)=C1CCCCC1. The van der Waals surface area contributed by atoms with Crippen molar-refractivity contribution in [3.8, 4) is 0 Å². The first-order valence-corrected chi connectivity index (χ1v) is 8.05. The van der Waals surface area contributed by atoms with Gasteiger partial charge < -0.3 is 4.72 Å². The fourth-order valence-electron chi connectivity index (χ4n) is 2.05. The fourth-order valence-corrected chi connectivity index (χ4v) is 2.85. The molecule has 1 unspecified atom stereocenters. The molecule has 1 fully saturated rings. The Balaban J connectivity index is 2.96. The lowest BCUT2D eigenvalue weighted by Gasteiger charge is -2.25. The van der Waals surface area contributed by atoms with E-state index < -0.39 is 11.0 Å². The van der Waals surface area contributed by atoms with Gasteiger partial charge in [0.05, 0.1) is 4.75 Å². The topological polar surface area (TPSA) is 29.1 Å². The Kier molecular flexibility index (Phi) is 5.64. The zero-order valence-electron chi connectivity index (χ0n) is 12.4. The van der Waals surface area contributed by atoms with Crippen molar-refractivity contribution < 1.29 is 4.21 Å². The highest BCUT2D eigenvalue weighted by molar-refractivity contribution is 7.84. The Morgan fingerprint density at radius 2 is 1.78 bits per heavy atom. The normalized spacial score (nSPS) is 19.6. The third-order valence-electron chi connectivity index (χ3n) is 3.39.